The zero-order valence-electron chi connectivity index (χ0n) is 6.94. The molecule has 1 rings (SSSR count). The summed E-state index contributed by atoms with van der Waals surface area (Å²) in [7, 11) is -3.50. The molecule has 3 nitrogen and oxygen atoms in total. The van der Waals surface area contributed by atoms with Gasteiger partial charge in [-0.3, -0.25) is 0 Å². The molecular weight excluding hydrogens is 194 g/mol. The summed E-state index contributed by atoms with van der Waals surface area (Å²) >= 11 is 1.17. The van der Waals surface area contributed by atoms with Crippen molar-refractivity contribution in [2.45, 2.75) is 24.0 Å². The molecule has 2 N–H and O–H groups in total. The van der Waals surface area contributed by atoms with E-state index in [-0.39, 0.29) is 4.21 Å². The van der Waals surface area contributed by atoms with Crippen molar-refractivity contribution in [3.05, 3.63) is 17.0 Å². The lowest BCUT2D eigenvalue weighted by atomic mass is 10.1. The third kappa shape index (κ3) is 2.06. The lowest BCUT2D eigenvalue weighted by molar-refractivity contribution is 0.599. The van der Waals surface area contributed by atoms with Crippen molar-refractivity contribution in [1.29, 1.82) is 0 Å². The summed E-state index contributed by atoms with van der Waals surface area (Å²) < 4.78 is 22.0. The van der Waals surface area contributed by atoms with Gasteiger partial charge in [-0.15, -0.1) is 11.3 Å². The van der Waals surface area contributed by atoms with Gasteiger partial charge in [0.1, 0.15) is 4.21 Å². The first-order valence-electron chi connectivity index (χ1n) is 3.52. The first-order chi connectivity index (χ1) is 5.41. The Morgan fingerprint density at radius 1 is 1.50 bits per heavy atom. The van der Waals surface area contributed by atoms with Crippen molar-refractivity contribution < 1.29 is 8.42 Å². The highest BCUT2D eigenvalue weighted by Gasteiger charge is 2.11. The molecule has 0 aliphatic heterocycles. The molecule has 0 spiro atoms. The molecule has 12 heavy (non-hydrogen) atoms. The molecule has 0 fully saturated rings. The summed E-state index contributed by atoms with van der Waals surface area (Å²) in [4.78, 5) is 0. The van der Waals surface area contributed by atoms with Crippen LogP contribution in [0.25, 0.3) is 0 Å². The van der Waals surface area contributed by atoms with E-state index >= 15 is 0 Å². The third-order valence-corrected chi connectivity index (χ3v) is 3.95. The molecule has 5 heteroatoms. The second-order valence-corrected chi connectivity index (χ2v) is 5.60. The van der Waals surface area contributed by atoms with Crippen molar-refractivity contribution in [1.82, 2.24) is 0 Å². The number of thiophene rings is 1. The van der Waals surface area contributed by atoms with Crippen molar-refractivity contribution in [3.8, 4) is 0 Å². The van der Waals surface area contributed by atoms with Crippen molar-refractivity contribution in [2.75, 3.05) is 0 Å². The molecule has 0 aromatic carbocycles. The van der Waals surface area contributed by atoms with E-state index in [1.54, 1.807) is 6.07 Å². The Kier molecular flexibility index (Phi) is 2.55. The van der Waals surface area contributed by atoms with Crippen molar-refractivity contribution in [3.63, 3.8) is 0 Å². The second-order valence-electron chi connectivity index (χ2n) is 2.90. The number of hydrogen-bond donors (Lipinski definition) is 1. The largest absolute Gasteiger partial charge is 0.247 e. The molecule has 0 amide bonds. The van der Waals surface area contributed by atoms with Gasteiger partial charge in [-0.1, -0.05) is 13.8 Å². The minimum absolute atomic E-state index is 0.242. The molecule has 0 unspecified atom stereocenters. The lowest BCUT2D eigenvalue weighted by Crippen LogP contribution is -2.10. The zero-order valence-corrected chi connectivity index (χ0v) is 8.58. The number of nitrogens with two attached hydrogens (primary N) is 1. The second kappa shape index (κ2) is 3.16. The van der Waals surface area contributed by atoms with Gasteiger partial charge in [0.25, 0.3) is 0 Å². The monoisotopic (exact) mass is 205 g/mol. The molecule has 0 saturated carbocycles. The van der Waals surface area contributed by atoms with E-state index in [9.17, 15) is 8.42 Å². The van der Waals surface area contributed by atoms with Crippen LogP contribution in [0.15, 0.2) is 15.7 Å². The van der Waals surface area contributed by atoms with Crippen LogP contribution in [0.2, 0.25) is 0 Å². The van der Waals surface area contributed by atoms with Gasteiger partial charge in [-0.2, -0.15) is 0 Å². The van der Waals surface area contributed by atoms with E-state index in [1.807, 2.05) is 19.2 Å². The van der Waals surface area contributed by atoms with Crippen LogP contribution in [-0.2, 0) is 10.0 Å². The summed E-state index contributed by atoms with van der Waals surface area (Å²) in [6, 6.07) is 1.63. The SMILES string of the molecule is CC(C)c1csc(S(N)(=O)=O)c1. The molecule has 0 bridgehead atoms. The third-order valence-electron chi connectivity index (χ3n) is 1.54. The fraction of sp³-hybridized carbons (Fsp3) is 0.429. The maximum absolute atomic E-state index is 10.9. The fourth-order valence-corrected chi connectivity index (χ4v) is 2.56. The van der Waals surface area contributed by atoms with Crippen LogP contribution >= 0.6 is 11.3 Å². The van der Waals surface area contributed by atoms with Crippen LogP contribution in [0.3, 0.4) is 0 Å². The molecule has 68 valence electrons. The zero-order chi connectivity index (χ0) is 9.35. The van der Waals surface area contributed by atoms with Crippen LogP contribution in [0.1, 0.15) is 25.3 Å². The Hall–Kier alpha value is -0.390. The van der Waals surface area contributed by atoms with Gasteiger partial charge in [-0.05, 0) is 22.9 Å². The van der Waals surface area contributed by atoms with E-state index in [1.165, 1.54) is 11.3 Å². The highest BCUT2D eigenvalue weighted by Crippen LogP contribution is 2.24. The molecule has 0 aliphatic carbocycles. The number of sulfonamides is 1. The van der Waals surface area contributed by atoms with Crippen molar-refractivity contribution in [2.24, 2.45) is 5.14 Å². The molecule has 0 atom stereocenters. The minimum Gasteiger partial charge on any atom is -0.224 e. The number of rotatable bonds is 2. The van der Waals surface area contributed by atoms with E-state index in [0.717, 1.165) is 5.56 Å². The van der Waals surface area contributed by atoms with Gasteiger partial charge in [-0.25, -0.2) is 13.6 Å². The van der Waals surface area contributed by atoms with Crippen LogP contribution in [0.5, 0.6) is 0 Å². The van der Waals surface area contributed by atoms with Crippen LogP contribution < -0.4 is 5.14 Å². The van der Waals surface area contributed by atoms with Gasteiger partial charge in [0, 0.05) is 0 Å². The van der Waals surface area contributed by atoms with E-state index in [0.29, 0.717) is 5.92 Å². The highest BCUT2D eigenvalue weighted by molar-refractivity contribution is 7.91. The van der Waals surface area contributed by atoms with Gasteiger partial charge < -0.3 is 0 Å². The van der Waals surface area contributed by atoms with Gasteiger partial charge in [0.2, 0.25) is 10.0 Å². The van der Waals surface area contributed by atoms with Gasteiger partial charge in [0.05, 0.1) is 0 Å². The number of primary sulfonamides is 1. The molecule has 0 aliphatic rings. The maximum atomic E-state index is 10.9. The summed E-state index contributed by atoms with van der Waals surface area (Å²) in [6.07, 6.45) is 0. The Labute approximate surface area is 76.3 Å². The number of hydrogen-bond acceptors (Lipinski definition) is 3. The summed E-state index contributed by atoms with van der Waals surface area (Å²) in [5.74, 6) is 0.344. The van der Waals surface area contributed by atoms with Crippen LogP contribution in [-0.4, -0.2) is 8.42 Å². The smallest absolute Gasteiger partial charge is 0.224 e. The minimum atomic E-state index is -3.50. The standard InChI is InChI=1S/C7H11NO2S2/c1-5(2)6-3-7(11-4-6)12(8,9)10/h3-5H,1-2H3,(H2,8,9,10). The van der Waals surface area contributed by atoms with Crippen LogP contribution in [0, 0.1) is 0 Å². The summed E-state index contributed by atoms with van der Waals surface area (Å²) in [6.45, 7) is 4.02. The first-order valence-corrected chi connectivity index (χ1v) is 5.95. The molecule has 1 aromatic heterocycles. The lowest BCUT2D eigenvalue weighted by Gasteiger charge is -1.97. The van der Waals surface area contributed by atoms with Gasteiger partial charge >= 0.3 is 0 Å². The van der Waals surface area contributed by atoms with Crippen LogP contribution in [0.4, 0.5) is 0 Å². The fourth-order valence-electron chi connectivity index (χ4n) is 0.782. The Morgan fingerprint density at radius 2 is 2.08 bits per heavy atom. The first kappa shape index (κ1) is 9.70. The predicted molar refractivity (Wildman–Crippen MR) is 49.8 cm³/mol. The average molecular weight is 205 g/mol. The molecule has 0 radical (unpaired) electrons. The molecule has 0 saturated heterocycles. The van der Waals surface area contributed by atoms with E-state index < -0.39 is 10.0 Å². The van der Waals surface area contributed by atoms with E-state index in [4.69, 9.17) is 5.14 Å². The predicted octanol–water partition coefficient (Wildman–Crippen LogP) is 1.52. The van der Waals surface area contributed by atoms with E-state index in [2.05, 4.69) is 0 Å². The highest BCUT2D eigenvalue weighted by atomic mass is 32.2. The summed E-state index contributed by atoms with van der Waals surface area (Å²) in [5.41, 5.74) is 1.02. The normalized spacial score (nSPS) is 12.3. The quantitative estimate of drug-likeness (QED) is 0.795. The Bertz CT molecular complexity index is 365. The van der Waals surface area contributed by atoms with Crippen molar-refractivity contribution >= 4 is 21.4 Å². The summed E-state index contributed by atoms with van der Waals surface area (Å²) in [5, 5.41) is 6.78. The Balaban J connectivity index is 3.09. The molecular formula is C7H11NO2S2. The molecule has 1 aromatic rings. The average Bonchev–Trinajstić information content (AvgIpc) is 2.30. The maximum Gasteiger partial charge on any atom is 0.247 e. The van der Waals surface area contributed by atoms with Gasteiger partial charge in [0.15, 0.2) is 0 Å². The molecule has 1 heterocycles. The topological polar surface area (TPSA) is 60.2 Å². The Morgan fingerprint density at radius 3 is 2.33 bits per heavy atom.